The van der Waals surface area contributed by atoms with Crippen molar-refractivity contribution in [2.75, 3.05) is 18.8 Å². The first-order chi connectivity index (χ1) is 19.5. The quantitative estimate of drug-likeness (QED) is 0.257. The van der Waals surface area contributed by atoms with Gasteiger partial charge in [-0.05, 0) is 47.7 Å². The number of amides is 2. The number of carbonyl (C=O) groups excluding carboxylic acids is 2. The van der Waals surface area contributed by atoms with Crippen molar-refractivity contribution in [1.29, 1.82) is 0 Å². The van der Waals surface area contributed by atoms with Crippen LogP contribution in [0.15, 0.2) is 60.8 Å². The molecular weight excluding hydrogens is 520 g/mol. The maximum atomic E-state index is 13.6. The third-order valence-electron chi connectivity index (χ3n) is 8.63. The number of likely N-dealkylation sites (tertiary alicyclic amines) is 1. The lowest BCUT2D eigenvalue weighted by Crippen LogP contribution is -2.68. The Labute approximate surface area is 238 Å². The summed E-state index contributed by atoms with van der Waals surface area (Å²) in [7, 11) is 0. The Hall–Kier alpha value is -3.53. The summed E-state index contributed by atoms with van der Waals surface area (Å²) in [6.45, 7) is 1.22. The summed E-state index contributed by atoms with van der Waals surface area (Å²) in [6.07, 6.45) is 8.13. The molecule has 1 aliphatic carbocycles. The SMILES string of the molecule is NC(=O)[C@]1(NC(=O)CNC2CCCCC2)C(c2cccc3ccccc23)CCN1Cc1cc2c(N)nccc2s1. The van der Waals surface area contributed by atoms with E-state index >= 15 is 0 Å². The van der Waals surface area contributed by atoms with Gasteiger partial charge in [0.1, 0.15) is 5.82 Å². The fourth-order valence-electron chi connectivity index (χ4n) is 6.69. The minimum Gasteiger partial charge on any atom is -0.383 e. The van der Waals surface area contributed by atoms with Crippen LogP contribution >= 0.6 is 11.3 Å². The molecule has 2 fully saturated rings. The van der Waals surface area contributed by atoms with Gasteiger partial charge in [-0.2, -0.15) is 0 Å². The van der Waals surface area contributed by atoms with Crippen molar-refractivity contribution >= 4 is 49.8 Å². The highest BCUT2D eigenvalue weighted by atomic mass is 32.1. The smallest absolute Gasteiger partial charge is 0.259 e. The van der Waals surface area contributed by atoms with Crippen LogP contribution in [0.5, 0.6) is 0 Å². The highest BCUT2D eigenvalue weighted by Gasteiger charge is 2.55. The molecule has 1 unspecified atom stereocenters. The van der Waals surface area contributed by atoms with Gasteiger partial charge in [-0.15, -0.1) is 11.3 Å². The molecular formula is C31H36N6O2S. The molecule has 3 heterocycles. The van der Waals surface area contributed by atoms with E-state index in [0.29, 0.717) is 31.4 Å². The van der Waals surface area contributed by atoms with Crippen molar-refractivity contribution in [3.8, 4) is 0 Å². The summed E-state index contributed by atoms with van der Waals surface area (Å²) in [4.78, 5) is 34.5. The van der Waals surface area contributed by atoms with Gasteiger partial charge in [0.25, 0.3) is 5.91 Å². The molecule has 4 aromatic rings. The number of thiophene rings is 1. The highest BCUT2D eigenvalue weighted by molar-refractivity contribution is 7.19. The maximum absolute atomic E-state index is 13.6. The number of nitrogen functional groups attached to an aromatic ring is 1. The molecule has 1 saturated carbocycles. The lowest BCUT2D eigenvalue weighted by atomic mass is 9.83. The van der Waals surface area contributed by atoms with Crippen LogP contribution in [0.2, 0.25) is 0 Å². The van der Waals surface area contributed by atoms with Crippen LogP contribution in [0, 0.1) is 0 Å². The zero-order valence-electron chi connectivity index (χ0n) is 22.6. The standard InChI is InChI=1S/C31H36N6O2S/c32-29-25-17-22(40-27(25)13-15-34-29)19-37-16-14-26(24-12-6-8-20-7-4-5-11-23(20)24)31(37,30(33)39)36-28(38)18-35-21-9-2-1-3-10-21/h4-8,11-13,15,17,21,26,35H,1-3,9-10,14,16,18-19H2,(H2,32,34)(H2,33,39)(H,36,38)/t26?,31-/m0/s1. The fourth-order valence-corrected chi connectivity index (χ4v) is 7.77. The van der Waals surface area contributed by atoms with E-state index in [-0.39, 0.29) is 18.4 Å². The van der Waals surface area contributed by atoms with Crippen molar-refractivity contribution in [2.45, 2.75) is 62.7 Å². The van der Waals surface area contributed by atoms with Crippen LogP contribution in [0.4, 0.5) is 5.82 Å². The summed E-state index contributed by atoms with van der Waals surface area (Å²) in [6, 6.07) is 18.6. The van der Waals surface area contributed by atoms with Gasteiger partial charge in [0.2, 0.25) is 5.91 Å². The third kappa shape index (κ3) is 4.93. The van der Waals surface area contributed by atoms with E-state index in [2.05, 4.69) is 44.8 Å². The molecule has 1 aliphatic heterocycles. The summed E-state index contributed by atoms with van der Waals surface area (Å²) in [5, 5.41) is 9.66. The molecule has 6 N–H and O–H groups in total. The number of hydrogen-bond acceptors (Lipinski definition) is 7. The number of nitrogens with one attached hydrogen (secondary N) is 2. The van der Waals surface area contributed by atoms with Crippen molar-refractivity contribution in [1.82, 2.24) is 20.5 Å². The van der Waals surface area contributed by atoms with Crippen LogP contribution in [0.3, 0.4) is 0 Å². The monoisotopic (exact) mass is 556 g/mol. The van der Waals surface area contributed by atoms with Crippen molar-refractivity contribution < 1.29 is 9.59 Å². The first-order valence-corrected chi connectivity index (χ1v) is 15.0. The minimum absolute atomic E-state index is 0.154. The summed E-state index contributed by atoms with van der Waals surface area (Å²) in [5.74, 6) is -0.586. The Balaban J connectivity index is 1.36. The molecule has 208 valence electrons. The molecule has 40 heavy (non-hydrogen) atoms. The predicted octanol–water partition coefficient (Wildman–Crippen LogP) is 4.24. The molecule has 0 bridgehead atoms. The Morgan fingerprint density at radius 3 is 2.62 bits per heavy atom. The van der Waals surface area contributed by atoms with Gasteiger partial charge in [0, 0.05) is 46.2 Å². The largest absolute Gasteiger partial charge is 0.383 e. The Morgan fingerprint density at radius 1 is 1.02 bits per heavy atom. The number of aromatic nitrogens is 1. The molecule has 2 atom stereocenters. The summed E-state index contributed by atoms with van der Waals surface area (Å²) >= 11 is 1.62. The first kappa shape index (κ1) is 26.7. The number of fused-ring (bicyclic) bond motifs is 2. The number of nitrogens with two attached hydrogens (primary N) is 2. The van der Waals surface area contributed by atoms with Crippen molar-refractivity contribution in [3.63, 3.8) is 0 Å². The van der Waals surface area contributed by atoms with Crippen LogP contribution < -0.4 is 22.1 Å². The number of nitrogens with zero attached hydrogens (tertiary/aromatic N) is 2. The van der Waals surface area contributed by atoms with Crippen molar-refractivity contribution in [2.24, 2.45) is 5.73 Å². The number of anilines is 1. The molecule has 6 rings (SSSR count). The molecule has 2 aromatic carbocycles. The highest BCUT2D eigenvalue weighted by Crippen LogP contribution is 2.44. The average Bonchev–Trinajstić information content (AvgIpc) is 3.55. The molecule has 2 amide bonds. The van der Waals surface area contributed by atoms with Gasteiger partial charge in [0.05, 0.1) is 6.54 Å². The molecule has 2 aromatic heterocycles. The van der Waals surface area contributed by atoms with E-state index in [1.165, 1.54) is 19.3 Å². The van der Waals surface area contributed by atoms with Crippen molar-refractivity contribution in [3.05, 3.63) is 71.2 Å². The lowest BCUT2D eigenvalue weighted by molar-refractivity contribution is -0.139. The first-order valence-electron chi connectivity index (χ1n) is 14.2. The third-order valence-corrected chi connectivity index (χ3v) is 9.71. The lowest BCUT2D eigenvalue weighted by Gasteiger charge is -2.41. The second kappa shape index (κ2) is 11.2. The zero-order valence-corrected chi connectivity index (χ0v) is 23.4. The minimum atomic E-state index is -1.38. The average molecular weight is 557 g/mol. The van der Waals surface area contributed by atoms with Gasteiger partial charge in [-0.3, -0.25) is 14.5 Å². The Bertz CT molecular complexity index is 1540. The van der Waals surface area contributed by atoms with Crippen LogP contribution in [-0.4, -0.2) is 46.5 Å². The number of primary amides is 1. The normalized spacial score (nSPS) is 22.1. The van der Waals surface area contributed by atoms with Gasteiger partial charge < -0.3 is 22.1 Å². The zero-order chi connectivity index (χ0) is 27.7. The second-order valence-electron chi connectivity index (χ2n) is 11.0. The van der Waals surface area contributed by atoms with Gasteiger partial charge in [-0.1, -0.05) is 61.7 Å². The van der Waals surface area contributed by atoms with E-state index < -0.39 is 11.6 Å². The summed E-state index contributed by atoms with van der Waals surface area (Å²) in [5.41, 5.74) is 12.1. The number of carbonyl (C=O) groups is 2. The Morgan fingerprint density at radius 2 is 1.82 bits per heavy atom. The van der Waals surface area contributed by atoms with Gasteiger partial charge >= 0.3 is 0 Å². The number of benzene rings is 2. The predicted molar refractivity (Wildman–Crippen MR) is 161 cm³/mol. The molecule has 9 heteroatoms. The fraction of sp³-hybridized carbons (Fsp3) is 0.387. The number of hydrogen-bond donors (Lipinski definition) is 4. The van der Waals surface area contributed by atoms with E-state index in [1.54, 1.807) is 17.5 Å². The second-order valence-corrected chi connectivity index (χ2v) is 12.2. The number of rotatable bonds is 8. The van der Waals surface area contributed by atoms with E-state index in [4.69, 9.17) is 11.5 Å². The Kier molecular flexibility index (Phi) is 7.44. The van der Waals surface area contributed by atoms with Crippen LogP contribution in [0.1, 0.15) is 54.9 Å². The summed E-state index contributed by atoms with van der Waals surface area (Å²) < 4.78 is 1.04. The molecule has 2 aliphatic rings. The van der Waals surface area contributed by atoms with Gasteiger partial charge in [0.15, 0.2) is 5.66 Å². The van der Waals surface area contributed by atoms with Crippen LogP contribution in [-0.2, 0) is 16.1 Å². The molecule has 0 spiro atoms. The molecule has 1 saturated heterocycles. The molecule has 8 nitrogen and oxygen atoms in total. The van der Waals surface area contributed by atoms with Crippen LogP contribution in [0.25, 0.3) is 20.9 Å². The van der Waals surface area contributed by atoms with E-state index in [9.17, 15) is 9.59 Å². The van der Waals surface area contributed by atoms with E-state index in [1.807, 2.05) is 30.3 Å². The van der Waals surface area contributed by atoms with E-state index in [0.717, 1.165) is 44.1 Å². The van der Waals surface area contributed by atoms with Gasteiger partial charge in [-0.25, -0.2) is 4.98 Å². The maximum Gasteiger partial charge on any atom is 0.259 e. The topological polar surface area (TPSA) is 126 Å². The number of pyridine rings is 1. The molecule has 0 radical (unpaired) electrons.